The summed E-state index contributed by atoms with van der Waals surface area (Å²) in [6, 6.07) is 16.1. The molecule has 0 aliphatic heterocycles. The van der Waals surface area contributed by atoms with Gasteiger partial charge in [0.15, 0.2) is 0 Å². The average molecular weight is 198 g/mol. The maximum atomic E-state index is 7.76. The van der Waals surface area contributed by atoms with Crippen LogP contribution in [0.3, 0.4) is 0 Å². The molecule has 0 saturated carbocycles. The standard InChI is InChI=1S/C15H16/c1-3-13-9-10-15(11-12(13)2)14-7-5-4-6-8-14/h4-11H,3H2,1-2H3/i3D2. The molecule has 0 saturated heterocycles. The Hall–Kier alpha value is -1.56. The number of hydrogen-bond acceptors (Lipinski definition) is 0. The lowest BCUT2D eigenvalue weighted by molar-refractivity contribution is 1.11. The third-order valence-corrected chi connectivity index (χ3v) is 2.60. The lowest BCUT2D eigenvalue weighted by atomic mass is 9.99. The van der Waals surface area contributed by atoms with Crippen molar-refractivity contribution in [3.8, 4) is 11.1 Å². The van der Waals surface area contributed by atoms with Crippen molar-refractivity contribution in [2.24, 2.45) is 0 Å². The Bertz CT molecular complexity index is 510. The van der Waals surface area contributed by atoms with E-state index in [4.69, 9.17) is 2.74 Å². The summed E-state index contributed by atoms with van der Waals surface area (Å²) in [7, 11) is 0. The molecular formula is C15H16. The highest BCUT2D eigenvalue weighted by atomic mass is 14.0. The largest absolute Gasteiger partial charge is 0.0622 e. The third kappa shape index (κ3) is 2.10. The maximum absolute atomic E-state index is 7.76. The van der Waals surface area contributed by atoms with Gasteiger partial charge in [-0.2, -0.15) is 0 Å². The van der Waals surface area contributed by atoms with E-state index in [-0.39, 0.29) is 0 Å². The van der Waals surface area contributed by atoms with Crippen LogP contribution in [0.2, 0.25) is 0 Å². The second kappa shape index (κ2) is 4.31. The Kier molecular flexibility index (Phi) is 2.21. The molecule has 0 amide bonds. The first-order valence-electron chi connectivity index (χ1n) is 6.15. The minimum atomic E-state index is -1.28. The van der Waals surface area contributed by atoms with Crippen molar-refractivity contribution in [3.63, 3.8) is 0 Å². The first-order chi connectivity index (χ1) is 7.98. The zero-order valence-corrected chi connectivity index (χ0v) is 9.12. The summed E-state index contributed by atoms with van der Waals surface area (Å²) in [5.41, 5.74) is 4.06. The van der Waals surface area contributed by atoms with Crippen molar-refractivity contribution < 1.29 is 2.74 Å². The van der Waals surface area contributed by atoms with Gasteiger partial charge in [-0.3, -0.25) is 0 Å². The lowest BCUT2D eigenvalue weighted by Crippen LogP contribution is -1.87. The summed E-state index contributed by atoms with van der Waals surface area (Å²) in [6.07, 6.45) is -1.28. The van der Waals surface area contributed by atoms with Gasteiger partial charge in [0.2, 0.25) is 0 Å². The van der Waals surface area contributed by atoms with Gasteiger partial charge >= 0.3 is 0 Å². The summed E-state index contributed by atoms with van der Waals surface area (Å²) in [6.45, 7) is 3.56. The summed E-state index contributed by atoms with van der Waals surface area (Å²) < 4.78 is 15.5. The van der Waals surface area contributed by atoms with Gasteiger partial charge in [-0.25, -0.2) is 0 Å². The second-order valence-corrected chi connectivity index (χ2v) is 3.65. The molecule has 0 nitrogen and oxygen atoms in total. The monoisotopic (exact) mass is 198 g/mol. The highest BCUT2D eigenvalue weighted by molar-refractivity contribution is 5.64. The molecule has 0 aromatic heterocycles. The van der Waals surface area contributed by atoms with Crippen LogP contribution in [0.5, 0.6) is 0 Å². The molecule has 2 aromatic carbocycles. The molecule has 2 rings (SSSR count). The molecule has 76 valence electrons. The van der Waals surface area contributed by atoms with Crippen LogP contribution in [0.15, 0.2) is 48.5 Å². The van der Waals surface area contributed by atoms with Crippen LogP contribution in [0.4, 0.5) is 0 Å². The van der Waals surface area contributed by atoms with E-state index in [9.17, 15) is 0 Å². The van der Waals surface area contributed by atoms with E-state index in [0.717, 1.165) is 16.7 Å². The predicted octanol–water partition coefficient (Wildman–Crippen LogP) is 4.22. The fourth-order valence-corrected chi connectivity index (χ4v) is 1.75. The van der Waals surface area contributed by atoms with E-state index in [1.54, 1.807) is 6.92 Å². The van der Waals surface area contributed by atoms with Gasteiger partial charge in [-0.1, -0.05) is 55.5 Å². The normalized spacial score (nSPS) is 13.2. The van der Waals surface area contributed by atoms with Crippen LogP contribution in [0.1, 0.15) is 20.8 Å². The number of aryl methyl sites for hydroxylation is 2. The van der Waals surface area contributed by atoms with Crippen molar-refractivity contribution in [3.05, 3.63) is 59.7 Å². The molecule has 0 fully saturated rings. The van der Waals surface area contributed by atoms with Gasteiger partial charge in [0.25, 0.3) is 0 Å². The van der Waals surface area contributed by atoms with Crippen LogP contribution < -0.4 is 0 Å². The van der Waals surface area contributed by atoms with E-state index >= 15 is 0 Å². The fourth-order valence-electron chi connectivity index (χ4n) is 1.75. The first kappa shape index (κ1) is 7.70. The minimum absolute atomic E-state index is 0.761. The Morgan fingerprint density at radius 3 is 2.33 bits per heavy atom. The van der Waals surface area contributed by atoms with Crippen LogP contribution in [-0.2, 0) is 6.37 Å². The lowest BCUT2D eigenvalue weighted by Gasteiger charge is -2.06. The number of hydrogen-bond donors (Lipinski definition) is 0. The Balaban J connectivity index is 2.45. The number of rotatable bonds is 2. The summed E-state index contributed by atoms with van der Waals surface area (Å²) in [5.74, 6) is 0. The maximum Gasteiger partial charge on any atom is 0.0313 e. The highest BCUT2D eigenvalue weighted by Gasteiger charge is 1.99. The molecular weight excluding hydrogens is 180 g/mol. The van der Waals surface area contributed by atoms with Crippen LogP contribution in [0, 0.1) is 6.92 Å². The molecule has 15 heavy (non-hydrogen) atoms. The molecule has 0 bridgehead atoms. The van der Waals surface area contributed by atoms with Crippen LogP contribution in [-0.4, -0.2) is 0 Å². The zero-order chi connectivity index (χ0) is 12.5. The molecule has 0 heteroatoms. The highest BCUT2D eigenvalue weighted by Crippen LogP contribution is 2.22. The third-order valence-electron chi connectivity index (χ3n) is 2.60. The van der Waals surface area contributed by atoms with E-state index < -0.39 is 6.37 Å². The van der Waals surface area contributed by atoms with Crippen molar-refractivity contribution in [2.75, 3.05) is 0 Å². The average Bonchev–Trinajstić information content (AvgIpc) is 2.28. The Labute approximate surface area is 94.4 Å². The molecule has 0 unspecified atom stereocenters. The van der Waals surface area contributed by atoms with Gasteiger partial charge in [0.05, 0.1) is 0 Å². The first-order valence-corrected chi connectivity index (χ1v) is 5.15. The van der Waals surface area contributed by atoms with Crippen molar-refractivity contribution in [1.29, 1.82) is 0 Å². The van der Waals surface area contributed by atoms with Gasteiger partial charge in [-0.05, 0) is 35.6 Å². The van der Waals surface area contributed by atoms with Gasteiger partial charge in [0.1, 0.15) is 0 Å². The fraction of sp³-hybridized carbons (Fsp3) is 0.200. The summed E-state index contributed by atoms with van der Waals surface area (Å²) >= 11 is 0. The predicted molar refractivity (Wildman–Crippen MR) is 66.0 cm³/mol. The molecule has 2 aromatic rings. The van der Waals surface area contributed by atoms with Gasteiger partial charge in [-0.15, -0.1) is 0 Å². The molecule has 0 atom stereocenters. The smallest absolute Gasteiger partial charge is 0.0313 e. The molecule has 0 spiro atoms. The Morgan fingerprint density at radius 2 is 1.73 bits per heavy atom. The zero-order valence-electron chi connectivity index (χ0n) is 11.1. The van der Waals surface area contributed by atoms with Crippen molar-refractivity contribution in [2.45, 2.75) is 20.2 Å². The van der Waals surface area contributed by atoms with Crippen molar-refractivity contribution >= 4 is 0 Å². The second-order valence-electron chi connectivity index (χ2n) is 3.65. The van der Waals surface area contributed by atoms with Crippen LogP contribution >= 0.6 is 0 Å². The summed E-state index contributed by atoms with van der Waals surface area (Å²) in [4.78, 5) is 0. The molecule has 0 heterocycles. The number of benzene rings is 2. The van der Waals surface area contributed by atoms with Gasteiger partial charge in [0, 0.05) is 2.74 Å². The minimum Gasteiger partial charge on any atom is -0.0622 e. The SMILES string of the molecule is [2H]C([2H])(C)c1ccc(-c2ccccc2)cc1C. The van der Waals surface area contributed by atoms with Crippen LogP contribution in [0.25, 0.3) is 11.1 Å². The van der Waals surface area contributed by atoms with E-state index in [2.05, 4.69) is 12.1 Å². The molecule has 0 aliphatic carbocycles. The molecule has 0 N–H and O–H groups in total. The molecule has 0 radical (unpaired) electrons. The topological polar surface area (TPSA) is 0 Å². The Morgan fingerprint density at radius 1 is 1.00 bits per heavy atom. The molecule has 0 aliphatic rings. The van der Waals surface area contributed by atoms with Gasteiger partial charge < -0.3 is 0 Å². The van der Waals surface area contributed by atoms with E-state index in [1.807, 2.05) is 43.3 Å². The quantitative estimate of drug-likeness (QED) is 0.677. The van der Waals surface area contributed by atoms with E-state index in [0.29, 0.717) is 0 Å². The van der Waals surface area contributed by atoms with E-state index in [1.165, 1.54) is 5.56 Å². The van der Waals surface area contributed by atoms with Crippen molar-refractivity contribution in [1.82, 2.24) is 0 Å². The summed E-state index contributed by atoms with van der Waals surface area (Å²) in [5, 5.41) is 0.